The molecule has 7 heteroatoms. The lowest BCUT2D eigenvalue weighted by atomic mass is 10.2. The zero-order valence-electron chi connectivity index (χ0n) is 13.3. The first-order valence-corrected chi connectivity index (χ1v) is 8.44. The molecule has 6 nitrogen and oxygen atoms in total. The zero-order valence-corrected chi connectivity index (χ0v) is 14.1. The summed E-state index contributed by atoms with van der Waals surface area (Å²) in [5.41, 5.74) is 2.89. The lowest BCUT2D eigenvalue weighted by Crippen LogP contribution is -2.23. The highest BCUT2D eigenvalue weighted by atomic mass is 32.1. The maximum atomic E-state index is 11.7. The van der Waals surface area contributed by atoms with Crippen molar-refractivity contribution in [2.75, 3.05) is 0 Å². The Kier molecular flexibility index (Phi) is 5.22. The third kappa shape index (κ3) is 4.66. The number of ether oxygens (including phenoxy) is 1. The quantitative estimate of drug-likeness (QED) is 0.747. The third-order valence-electron chi connectivity index (χ3n) is 3.30. The van der Waals surface area contributed by atoms with E-state index in [1.165, 1.54) is 0 Å². The summed E-state index contributed by atoms with van der Waals surface area (Å²) in [6.07, 6.45) is 3.19. The van der Waals surface area contributed by atoms with Crippen LogP contribution in [0.3, 0.4) is 0 Å². The van der Waals surface area contributed by atoms with E-state index >= 15 is 0 Å². The van der Waals surface area contributed by atoms with Gasteiger partial charge in [-0.05, 0) is 12.5 Å². The van der Waals surface area contributed by atoms with Crippen LogP contribution in [0.1, 0.15) is 21.8 Å². The number of nitrogens with zero attached hydrogens (tertiary/aromatic N) is 3. The molecule has 0 aliphatic rings. The maximum Gasteiger partial charge on any atom is 0.407 e. The second kappa shape index (κ2) is 7.74. The van der Waals surface area contributed by atoms with Gasteiger partial charge in [0.05, 0.1) is 12.7 Å². The lowest BCUT2D eigenvalue weighted by Gasteiger charge is -2.06. The van der Waals surface area contributed by atoms with Crippen LogP contribution < -0.4 is 5.32 Å². The predicted molar refractivity (Wildman–Crippen MR) is 91.6 cm³/mol. The van der Waals surface area contributed by atoms with Gasteiger partial charge in [-0.25, -0.2) is 9.78 Å². The van der Waals surface area contributed by atoms with Crippen molar-refractivity contribution in [3.63, 3.8) is 0 Å². The van der Waals surface area contributed by atoms with E-state index in [2.05, 4.69) is 15.4 Å². The van der Waals surface area contributed by atoms with Gasteiger partial charge in [0, 0.05) is 29.4 Å². The maximum absolute atomic E-state index is 11.7. The van der Waals surface area contributed by atoms with Crippen LogP contribution in [0.25, 0.3) is 0 Å². The topological polar surface area (TPSA) is 69.0 Å². The highest BCUT2D eigenvalue weighted by Crippen LogP contribution is 2.10. The van der Waals surface area contributed by atoms with E-state index in [0.29, 0.717) is 13.1 Å². The molecule has 0 saturated heterocycles. The normalized spacial score (nSPS) is 10.5. The second-order valence-electron chi connectivity index (χ2n) is 5.34. The van der Waals surface area contributed by atoms with Crippen LogP contribution in [0.15, 0.2) is 48.1 Å². The molecule has 3 aromatic rings. The molecule has 124 valence electrons. The second-order valence-corrected chi connectivity index (χ2v) is 6.29. The first kappa shape index (κ1) is 16.2. The molecular weight excluding hydrogens is 324 g/mol. The van der Waals surface area contributed by atoms with Crippen LogP contribution in [0.2, 0.25) is 0 Å². The number of rotatable bonds is 6. The molecule has 2 aromatic heterocycles. The smallest absolute Gasteiger partial charge is 0.407 e. The predicted octanol–water partition coefficient (Wildman–Crippen LogP) is 3.12. The minimum absolute atomic E-state index is 0.259. The summed E-state index contributed by atoms with van der Waals surface area (Å²) < 4.78 is 6.98. The molecular formula is C17H18N4O2S. The van der Waals surface area contributed by atoms with Crippen LogP contribution in [0.4, 0.5) is 4.79 Å². The molecule has 0 spiro atoms. The van der Waals surface area contributed by atoms with E-state index in [0.717, 1.165) is 21.8 Å². The summed E-state index contributed by atoms with van der Waals surface area (Å²) in [6, 6.07) is 9.58. The Morgan fingerprint density at radius 2 is 2.12 bits per heavy atom. The molecule has 0 bridgehead atoms. The van der Waals surface area contributed by atoms with Crippen molar-refractivity contribution in [1.29, 1.82) is 0 Å². The van der Waals surface area contributed by atoms with E-state index in [1.807, 2.05) is 53.5 Å². The molecule has 0 fully saturated rings. The Bertz CT molecular complexity index is 798. The number of aryl methyl sites for hydroxylation is 1. The molecule has 0 unspecified atom stereocenters. The van der Waals surface area contributed by atoms with Gasteiger partial charge in [0.15, 0.2) is 0 Å². The average molecular weight is 342 g/mol. The summed E-state index contributed by atoms with van der Waals surface area (Å²) in [4.78, 5) is 16.1. The molecule has 1 N–H and O–H groups in total. The van der Waals surface area contributed by atoms with Crippen LogP contribution >= 0.6 is 11.3 Å². The van der Waals surface area contributed by atoms with Crippen LogP contribution in [0, 0.1) is 6.92 Å². The number of amides is 1. The zero-order chi connectivity index (χ0) is 16.8. The van der Waals surface area contributed by atoms with Gasteiger partial charge in [0.1, 0.15) is 11.6 Å². The third-order valence-corrected chi connectivity index (χ3v) is 4.25. The van der Waals surface area contributed by atoms with Crippen LogP contribution in [0.5, 0.6) is 0 Å². The van der Waals surface area contributed by atoms with E-state index in [4.69, 9.17) is 4.74 Å². The molecule has 0 radical (unpaired) electrons. The van der Waals surface area contributed by atoms with E-state index in [-0.39, 0.29) is 6.61 Å². The fourth-order valence-corrected chi connectivity index (χ4v) is 2.91. The number of carbonyl (C=O) groups is 1. The fraction of sp³-hybridized carbons (Fsp3) is 0.235. The summed E-state index contributed by atoms with van der Waals surface area (Å²) in [5.74, 6) is 0. The van der Waals surface area contributed by atoms with E-state index in [9.17, 15) is 4.79 Å². The van der Waals surface area contributed by atoms with Crippen molar-refractivity contribution in [3.05, 3.63) is 69.9 Å². The van der Waals surface area contributed by atoms with Gasteiger partial charge in [-0.1, -0.05) is 30.3 Å². The molecule has 0 saturated carbocycles. The Labute approximate surface area is 144 Å². The van der Waals surface area contributed by atoms with Gasteiger partial charge >= 0.3 is 6.09 Å². The number of hydrogen-bond acceptors (Lipinski definition) is 5. The Balaban J connectivity index is 1.44. The molecule has 2 heterocycles. The molecule has 0 aliphatic carbocycles. The number of alkyl carbamates (subject to hydrolysis) is 1. The van der Waals surface area contributed by atoms with Gasteiger partial charge in [-0.2, -0.15) is 5.10 Å². The Morgan fingerprint density at radius 1 is 1.29 bits per heavy atom. The summed E-state index contributed by atoms with van der Waals surface area (Å²) in [7, 11) is 0. The SMILES string of the molecule is Cc1csc(Cn2cc(CNC(=O)OCc3ccccc3)cn2)n1. The molecule has 1 amide bonds. The first-order chi connectivity index (χ1) is 11.7. The number of benzene rings is 1. The summed E-state index contributed by atoms with van der Waals surface area (Å²) in [5, 5.41) is 10.0. The van der Waals surface area contributed by atoms with Crippen molar-refractivity contribution in [2.24, 2.45) is 0 Å². The van der Waals surface area contributed by atoms with Gasteiger partial charge < -0.3 is 10.1 Å². The van der Waals surface area contributed by atoms with Crippen molar-refractivity contribution >= 4 is 17.4 Å². The molecule has 0 atom stereocenters. The average Bonchev–Trinajstić information content (AvgIpc) is 3.21. The van der Waals surface area contributed by atoms with E-state index < -0.39 is 6.09 Å². The van der Waals surface area contributed by atoms with Crippen LogP contribution in [-0.4, -0.2) is 20.9 Å². The van der Waals surface area contributed by atoms with Gasteiger partial charge in [0.2, 0.25) is 0 Å². The number of aromatic nitrogens is 3. The Hall–Kier alpha value is -2.67. The summed E-state index contributed by atoms with van der Waals surface area (Å²) >= 11 is 1.61. The molecule has 3 rings (SSSR count). The summed E-state index contributed by atoms with van der Waals surface area (Å²) in [6.45, 7) is 3.25. The first-order valence-electron chi connectivity index (χ1n) is 7.56. The van der Waals surface area contributed by atoms with Crippen molar-refractivity contribution < 1.29 is 9.53 Å². The largest absolute Gasteiger partial charge is 0.445 e. The van der Waals surface area contributed by atoms with Gasteiger partial charge in [-0.3, -0.25) is 4.68 Å². The van der Waals surface area contributed by atoms with Crippen molar-refractivity contribution in [3.8, 4) is 0 Å². The number of carbonyl (C=O) groups excluding carboxylic acids is 1. The molecule has 0 aliphatic heterocycles. The standard InChI is InChI=1S/C17H18N4O2S/c1-13-12-24-16(20-13)10-21-9-15(8-19-21)7-18-17(22)23-11-14-5-3-2-4-6-14/h2-6,8-9,12H,7,10-11H2,1H3,(H,18,22). The lowest BCUT2D eigenvalue weighted by molar-refractivity contribution is 0.139. The van der Waals surface area contributed by atoms with Crippen molar-refractivity contribution in [1.82, 2.24) is 20.1 Å². The monoisotopic (exact) mass is 342 g/mol. The minimum Gasteiger partial charge on any atom is -0.445 e. The highest BCUT2D eigenvalue weighted by molar-refractivity contribution is 7.09. The van der Waals surface area contributed by atoms with Crippen LogP contribution in [-0.2, 0) is 24.4 Å². The number of nitrogens with one attached hydrogen (secondary N) is 1. The highest BCUT2D eigenvalue weighted by Gasteiger charge is 2.06. The molecule has 24 heavy (non-hydrogen) atoms. The molecule has 1 aromatic carbocycles. The minimum atomic E-state index is -0.442. The number of hydrogen-bond donors (Lipinski definition) is 1. The fourth-order valence-electron chi connectivity index (χ4n) is 2.15. The van der Waals surface area contributed by atoms with E-state index in [1.54, 1.807) is 17.5 Å². The van der Waals surface area contributed by atoms with Crippen molar-refractivity contribution in [2.45, 2.75) is 26.6 Å². The van der Waals surface area contributed by atoms with Gasteiger partial charge in [-0.15, -0.1) is 11.3 Å². The number of thiazole rings is 1. The van der Waals surface area contributed by atoms with Gasteiger partial charge in [0.25, 0.3) is 0 Å². The Morgan fingerprint density at radius 3 is 2.88 bits per heavy atom.